The Morgan fingerprint density at radius 2 is 2.00 bits per heavy atom. The fraction of sp³-hybridized carbons (Fsp3) is 0.294. The lowest BCUT2D eigenvalue weighted by Crippen LogP contribution is -2.25. The molecule has 0 aromatic heterocycles. The third-order valence-electron chi connectivity index (χ3n) is 2.40. The predicted octanol–water partition coefficient (Wildman–Crippen LogP) is 3.03. The summed E-state index contributed by atoms with van der Waals surface area (Å²) in [5.74, 6) is 0.312. The first kappa shape index (κ1) is 21.2. The van der Waals surface area contributed by atoms with E-state index in [-0.39, 0.29) is 11.8 Å². The van der Waals surface area contributed by atoms with Crippen LogP contribution < -0.4 is 10.6 Å². The minimum atomic E-state index is 0.0869. The zero-order valence-corrected chi connectivity index (χ0v) is 14.5. The van der Waals surface area contributed by atoms with E-state index in [0.717, 1.165) is 0 Å². The molecule has 0 unspecified atom stereocenters. The van der Waals surface area contributed by atoms with E-state index in [1.165, 1.54) is 24.7 Å². The van der Waals surface area contributed by atoms with Gasteiger partial charge in [-0.05, 0) is 39.8 Å². The van der Waals surface area contributed by atoms with Gasteiger partial charge in [-0.15, -0.1) is 0 Å². The van der Waals surface area contributed by atoms with Gasteiger partial charge in [0.1, 0.15) is 6.34 Å². The van der Waals surface area contributed by atoms with Crippen molar-refractivity contribution in [2.24, 2.45) is 15.0 Å². The van der Waals surface area contributed by atoms with E-state index in [9.17, 15) is 9.18 Å². The van der Waals surface area contributed by atoms with Gasteiger partial charge in [-0.1, -0.05) is 6.58 Å². The summed E-state index contributed by atoms with van der Waals surface area (Å²) in [5.41, 5.74) is 1.29. The molecular formula is C17H24FN5O. The lowest BCUT2D eigenvalue weighted by atomic mass is 10.2. The summed E-state index contributed by atoms with van der Waals surface area (Å²) in [6.07, 6.45) is 8.13. The third kappa shape index (κ3) is 9.24. The molecule has 0 rings (SSSR count). The van der Waals surface area contributed by atoms with Crippen LogP contribution in [0.4, 0.5) is 4.39 Å². The maximum absolute atomic E-state index is 12.6. The number of aldehydes is 1. The van der Waals surface area contributed by atoms with Gasteiger partial charge in [-0.25, -0.2) is 14.4 Å². The molecule has 0 aliphatic rings. The topological polar surface area (TPSA) is 78.2 Å². The molecule has 0 fully saturated rings. The smallest absolute Gasteiger partial charge is 0.163 e. The van der Waals surface area contributed by atoms with E-state index in [1.807, 2.05) is 13.8 Å². The van der Waals surface area contributed by atoms with Crippen molar-refractivity contribution in [3.63, 3.8) is 0 Å². The van der Waals surface area contributed by atoms with Crippen LogP contribution in [0, 0.1) is 0 Å². The average molecular weight is 333 g/mol. The number of halogens is 1. The largest absolute Gasteiger partial charge is 0.381 e. The summed E-state index contributed by atoms with van der Waals surface area (Å²) in [7, 11) is 0. The molecule has 0 aromatic rings. The van der Waals surface area contributed by atoms with Crippen LogP contribution in [0.25, 0.3) is 0 Å². The minimum Gasteiger partial charge on any atom is -0.381 e. The Bertz CT molecular complexity index is 598. The summed E-state index contributed by atoms with van der Waals surface area (Å²) < 4.78 is 12.6. The molecule has 0 radical (unpaired) electrons. The fourth-order valence-corrected chi connectivity index (χ4v) is 1.41. The fourth-order valence-electron chi connectivity index (χ4n) is 1.41. The Labute approximate surface area is 142 Å². The highest BCUT2D eigenvalue weighted by molar-refractivity contribution is 6.27. The average Bonchev–Trinajstić information content (AvgIpc) is 2.55. The van der Waals surface area contributed by atoms with E-state index in [1.54, 1.807) is 20.1 Å². The molecule has 7 heteroatoms. The molecule has 2 N–H and O–H groups in total. The molecule has 0 bridgehead atoms. The molecule has 0 saturated carbocycles. The number of rotatable bonds is 10. The Morgan fingerprint density at radius 3 is 2.50 bits per heavy atom. The Balaban J connectivity index is 5.76. The van der Waals surface area contributed by atoms with Crippen molar-refractivity contribution in [1.29, 1.82) is 0 Å². The molecule has 0 heterocycles. The second kappa shape index (κ2) is 12.7. The van der Waals surface area contributed by atoms with Crippen molar-refractivity contribution in [2.45, 2.75) is 33.7 Å². The zero-order chi connectivity index (χ0) is 18.4. The number of nitrogens with one attached hydrogen (secondary N) is 2. The van der Waals surface area contributed by atoms with E-state index in [2.05, 4.69) is 32.2 Å². The van der Waals surface area contributed by atoms with Crippen LogP contribution in [0.15, 0.2) is 63.5 Å². The summed E-state index contributed by atoms with van der Waals surface area (Å²) in [6.45, 7) is 10.9. The third-order valence-corrected chi connectivity index (χ3v) is 2.40. The summed E-state index contributed by atoms with van der Waals surface area (Å²) in [4.78, 5) is 22.6. The lowest BCUT2D eigenvalue weighted by molar-refractivity contribution is -0.102. The van der Waals surface area contributed by atoms with Crippen molar-refractivity contribution in [1.82, 2.24) is 10.6 Å². The highest BCUT2D eigenvalue weighted by Crippen LogP contribution is 2.07. The molecule has 24 heavy (non-hydrogen) atoms. The van der Waals surface area contributed by atoms with Crippen LogP contribution in [-0.4, -0.2) is 30.6 Å². The summed E-state index contributed by atoms with van der Waals surface area (Å²) in [5, 5.41) is 6.08. The number of nitrogens with zero attached hydrogens (tertiary/aromatic N) is 3. The number of carbonyl (C=O) groups excluding carboxylic acids is 1. The zero-order valence-electron chi connectivity index (χ0n) is 14.5. The highest BCUT2D eigenvalue weighted by Gasteiger charge is 2.05. The van der Waals surface area contributed by atoms with Crippen LogP contribution >= 0.6 is 0 Å². The highest BCUT2D eigenvalue weighted by atomic mass is 19.1. The van der Waals surface area contributed by atoms with Gasteiger partial charge in [0.2, 0.25) is 0 Å². The number of allylic oxidation sites excluding steroid dienone is 2. The van der Waals surface area contributed by atoms with Gasteiger partial charge < -0.3 is 10.6 Å². The Kier molecular flexibility index (Phi) is 11.2. The van der Waals surface area contributed by atoms with Gasteiger partial charge in [-0.2, -0.15) is 0 Å². The van der Waals surface area contributed by atoms with Crippen molar-refractivity contribution >= 4 is 24.6 Å². The molecule has 0 spiro atoms. The number of aliphatic imine (C=N–C) groups is 3. The quantitative estimate of drug-likeness (QED) is 0.279. The molecule has 6 nitrogen and oxygen atoms in total. The normalized spacial score (nSPS) is 14.6. The van der Waals surface area contributed by atoms with Crippen LogP contribution in [0.3, 0.4) is 0 Å². The Hall–Kier alpha value is -2.83. The summed E-state index contributed by atoms with van der Waals surface area (Å²) >= 11 is 0. The predicted molar refractivity (Wildman–Crippen MR) is 98.8 cm³/mol. The minimum absolute atomic E-state index is 0.0869. The number of hydrogen-bond acceptors (Lipinski definition) is 5. The van der Waals surface area contributed by atoms with Crippen molar-refractivity contribution < 1.29 is 9.18 Å². The van der Waals surface area contributed by atoms with E-state index < -0.39 is 0 Å². The Morgan fingerprint density at radius 1 is 1.29 bits per heavy atom. The summed E-state index contributed by atoms with van der Waals surface area (Å²) in [6, 6.07) is 0.0869. The number of carbonyl (C=O) groups is 1. The number of hydrogen-bond donors (Lipinski definition) is 2. The van der Waals surface area contributed by atoms with Crippen LogP contribution in [0.2, 0.25) is 0 Å². The molecular weight excluding hydrogens is 309 g/mol. The van der Waals surface area contributed by atoms with E-state index >= 15 is 0 Å². The van der Waals surface area contributed by atoms with E-state index in [0.29, 0.717) is 29.8 Å². The second-order valence-corrected chi connectivity index (χ2v) is 4.80. The molecule has 0 aromatic carbocycles. The maximum atomic E-state index is 12.6. The van der Waals surface area contributed by atoms with Gasteiger partial charge in [0.25, 0.3) is 0 Å². The first-order chi connectivity index (χ1) is 11.5. The van der Waals surface area contributed by atoms with Crippen molar-refractivity contribution in [2.75, 3.05) is 0 Å². The van der Waals surface area contributed by atoms with Gasteiger partial charge in [0.05, 0.1) is 29.6 Å². The monoisotopic (exact) mass is 333 g/mol. The van der Waals surface area contributed by atoms with Gasteiger partial charge in [0, 0.05) is 12.3 Å². The standard InChI is InChI=1S/C17H24FN5O/c1-6-15(16(8-9-18)22-13(3)4)23-17(21-12-19-7-2)10-20-14(5)11-24/h6-13,22-23H,1H2,2-5H3/b9-8+,16-15-,17-10-,19-7?,20-14?,21-12-. The van der Waals surface area contributed by atoms with Gasteiger partial charge >= 0.3 is 0 Å². The van der Waals surface area contributed by atoms with Crippen LogP contribution in [0.1, 0.15) is 27.7 Å². The van der Waals surface area contributed by atoms with Crippen molar-refractivity contribution in [3.8, 4) is 0 Å². The lowest BCUT2D eigenvalue weighted by Gasteiger charge is -2.16. The van der Waals surface area contributed by atoms with Crippen LogP contribution in [0.5, 0.6) is 0 Å². The van der Waals surface area contributed by atoms with Gasteiger partial charge in [0.15, 0.2) is 12.1 Å². The molecule has 0 aliphatic heterocycles. The molecule has 130 valence electrons. The molecule has 0 aliphatic carbocycles. The van der Waals surface area contributed by atoms with Crippen LogP contribution in [-0.2, 0) is 4.79 Å². The molecule has 0 saturated heterocycles. The van der Waals surface area contributed by atoms with E-state index in [4.69, 9.17) is 0 Å². The molecule has 0 amide bonds. The van der Waals surface area contributed by atoms with Crippen molar-refractivity contribution in [3.05, 3.63) is 48.5 Å². The second-order valence-electron chi connectivity index (χ2n) is 4.80. The first-order valence-electron chi connectivity index (χ1n) is 7.35. The SMILES string of the molecule is C=C/C(NC(=C\N=C(C)C=O)/N=C\N=CC)=C(\C=C\F)NC(C)C. The first-order valence-corrected chi connectivity index (χ1v) is 7.35. The molecule has 0 atom stereocenters. The maximum Gasteiger partial charge on any atom is 0.163 e. The van der Waals surface area contributed by atoms with Gasteiger partial charge in [-0.3, -0.25) is 9.79 Å².